The molecule has 7 nitrogen and oxygen atoms in total. The van der Waals surface area contributed by atoms with Crippen LogP contribution >= 0.6 is 11.3 Å². The van der Waals surface area contributed by atoms with E-state index >= 15 is 0 Å². The quantitative estimate of drug-likeness (QED) is 0.684. The standard InChI is InChI=1S/C13H21N5O2S/c1-3-18(2)13-17-11(14)10(21-13)12(20)15-7-6-9(19)16-8-4-5-8/h8H,3-7,14H2,1-2H3,(H,15,20)(H,16,19). The van der Waals surface area contributed by atoms with Gasteiger partial charge in [0.15, 0.2) is 5.13 Å². The molecule has 0 aromatic carbocycles. The van der Waals surface area contributed by atoms with Crippen LogP contribution in [0.25, 0.3) is 0 Å². The van der Waals surface area contributed by atoms with Crippen LogP contribution in [-0.2, 0) is 4.79 Å². The van der Waals surface area contributed by atoms with Gasteiger partial charge in [0, 0.05) is 32.6 Å². The number of nitrogens with two attached hydrogens (primary N) is 1. The third-order valence-electron chi connectivity index (χ3n) is 3.23. The first-order valence-corrected chi connectivity index (χ1v) is 7.88. The van der Waals surface area contributed by atoms with Crippen molar-refractivity contribution >= 4 is 34.1 Å². The summed E-state index contributed by atoms with van der Waals surface area (Å²) in [5.74, 6) is -0.0725. The average molecular weight is 311 g/mol. The summed E-state index contributed by atoms with van der Waals surface area (Å²) in [5, 5.41) is 6.30. The first-order valence-electron chi connectivity index (χ1n) is 7.06. The molecule has 0 spiro atoms. The smallest absolute Gasteiger partial charge is 0.265 e. The molecule has 0 bridgehead atoms. The summed E-state index contributed by atoms with van der Waals surface area (Å²) >= 11 is 1.26. The molecule has 1 saturated carbocycles. The minimum absolute atomic E-state index is 0.0264. The van der Waals surface area contributed by atoms with Crippen molar-refractivity contribution in [3.63, 3.8) is 0 Å². The number of hydrogen-bond acceptors (Lipinski definition) is 6. The van der Waals surface area contributed by atoms with Crippen molar-refractivity contribution in [2.75, 3.05) is 30.8 Å². The third kappa shape index (κ3) is 4.32. The van der Waals surface area contributed by atoms with Crippen LogP contribution < -0.4 is 21.3 Å². The van der Waals surface area contributed by atoms with Crippen LogP contribution in [0.2, 0.25) is 0 Å². The molecule has 2 rings (SSSR count). The maximum absolute atomic E-state index is 12.0. The molecule has 1 aromatic heterocycles. The monoisotopic (exact) mass is 311 g/mol. The first kappa shape index (κ1) is 15.6. The predicted octanol–water partition coefficient (Wildman–Crippen LogP) is 0.580. The topological polar surface area (TPSA) is 100 Å². The fourth-order valence-electron chi connectivity index (χ4n) is 1.68. The van der Waals surface area contributed by atoms with Gasteiger partial charge in [-0.3, -0.25) is 9.59 Å². The van der Waals surface area contributed by atoms with E-state index in [2.05, 4.69) is 15.6 Å². The molecule has 4 N–H and O–H groups in total. The van der Waals surface area contributed by atoms with Gasteiger partial charge in [0.2, 0.25) is 5.91 Å². The van der Waals surface area contributed by atoms with Crippen LogP contribution in [0, 0.1) is 0 Å². The van der Waals surface area contributed by atoms with E-state index in [9.17, 15) is 9.59 Å². The van der Waals surface area contributed by atoms with Gasteiger partial charge in [-0.25, -0.2) is 4.98 Å². The zero-order valence-corrected chi connectivity index (χ0v) is 13.1. The van der Waals surface area contributed by atoms with Crippen molar-refractivity contribution in [3.8, 4) is 0 Å². The Hall–Kier alpha value is -1.83. The van der Waals surface area contributed by atoms with Gasteiger partial charge in [0.25, 0.3) is 5.91 Å². The van der Waals surface area contributed by atoms with E-state index in [1.807, 2.05) is 18.9 Å². The van der Waals surface area contributed by atoms with E-state index in [0.29, 0.717) is 22.6 Å². The van der Waals surface area contributed by atoms with Crippen LogP contribution in [0.4, 0.5) is 10.9 Å². The second kappa shape index (κ2) is 6.75. The summed E-state index contributed by atoms with van der Waals surface area (Å²) in [6.45, 7) is 3.08. The van der Waals surface area contributed by atoms with E-state index in [1.165, 1.54) is 11.3 Å². The van der Waals surface area contributed by atoms with Gasteiger partial charge >= 0.3 is 0 Å². The molecule has 1 aliphatic rings. The number of aromatic nitrogens is 1. The number of carbonyl (C=O) groups is 2. The Morgan fingerprint density at radius 1 is 1.48 bits per heavy atom. The zero-order chi connectivity index (χ0) is 15.4. The van der Waals surface area contributed by atoms with Crippen LogP contribution in [0.3, 0.4) is 0 Å². The summed E-state index contributed by atoms with van der Waals surface area (Å²) in [4.78, 5) is 30.0. The molecular formula is C13H21N5O2S. The number of nitrogens with one attached hydrogen (secondary N) is 2. The highest BCUT2D eigenvalue weighted by Crippen LogP contribution is 2.27. The van der Waals surface area contributed by atoms with Crippen molar-refractivity contribution in [2.24, 2.45) is 0 Å². The number of amides is 2. The van der Waals surface area contributed by atoms with Gasteiger partial charge in [0.05, 0.1) is 0 Å². The Morgan fingerprint density at radius 2 is 2.19 bits per heavy atom. The first-order chi connectivity index (χ1) is 10.0. The SMILES string of the molecule is CCN(C)c1nc(N)c(C(=O)NCCC(=O)NC2CC2)s1. The zero-order valence-electron chi connectivity index (χ0n) is 12.3. The number of nitrogen functional groups attached to an aromatic ring is 1. The molecule has 21 heavy (non-hydrogen) atoms. The summed E-state index contributed by atoms with van der Waals surface area (Å²) in [6.07, 6.45) is 2.40. The number of anilines is 2. The lowest BCUT2D eigenvalue weighted by molar-refractivity contribution is -0.121. The molecular weight excluding hydrogens is 290 g/mol. The Morgan fingerprint density at radius 3 is 2.81 bits per heavy atom. The third-order valence-corrected chi connectivity index (χ3v) is 4.41. The van der Waals surface area contributed by atoms with Crippen molar-refractivity contribution in [1.82, 2.24) is 15.6 Å². The highest BCUT2D eigenvalue weighted by atomic mass is 32.1. The number of nitrogens with zero attached hydrogens (tertiary/aromatic N) is 2. The predicted molar refractivity (Wildman–Crippen MR) is 83.6 cm³/mol. The van der Waals surface area contributed by atoms with Gasteiger partial charge < -0.3 is 21.3 Å². The lowest BCUT2D eigenvalue weighted by atomic mass is 10.3. The molecule has 1 fully saturated rings. The number of rotatable bonds is 7. The van der Waals surface area contributed by atoms with Gasteiger partial charge in [-0.15, -0.1) is 0 Å². The second-order valence-corrected chi connectivity index (χ2v) is 6.05. The fraction of sp³-hybridized carbons (Fsp3) is 0.615. The Labute approximate surface area is 127 Å². The molecule has 8 heteroatoms. The van der Waals surface area contributed by atoms with Crippen LogP contribution in [0.5, 0.6) is 0 Å². The maximum Gasteiger partial charge on any atom is 0.265 e. The van der Waals surface area contributed by atoms with E-state index in [0.717, 1.165) is 19.4 Å². The second-order valence-electron chi connectivity index (χ2n) is 5.07. The normalized spacial score (nSPS) is 13.8. The van der Waals surface area contributed by atoms with Crippen LogP contribution in [0.15, 0.2) is 0 Å². The van der Waals surface area contributed by atoms with Crippen molar-refractivity contribution in [3.05, 3.63) is 4.88 Å². The van der Waals surface area contributed by atoms with Crippen molar-refractivity contribution < 1.29 is 9.59 Å². The summed E-state index contributed by atoms with van der Waals surface area (Å²) < 4.78 is 0. The highest BCUT2D eigenvalue weighted by molar-refractivity contribution is 7.18. The summed E-state index contributed by atoms with van der Waals surface area (Å²) in [7, 11) is 1.89. The summed E-state index contributed by atoms with van der Waals surface area (Å²) in [6, 6.07) is 0.345. The summed E-state index contributed by atoms with van der Waals surface area (Å²) in [5.41, 5.74) is 5.77. The van der Waals surface area contributed by atoms with Gasteiger partial charge in [-0.1, -0.05) is 11.3 Å². The van der Waals surface area contributed by atoms with Crippen LogP contribution in [-0.4, -0.2) is 43.0 Å². The largest absolute Gasteiger partial charge is 0.382 e. The molecule has 116 valence electrons. The molecule has 0 aliphatic heterocycles. The van der Waals surface area contributed by atoms with Crippen LogP contribution in [0.1, 0.15) is 35.9 Å². The van der Waals surface area contributed by atoms with Gasteiger partial charge in [0.1, 0.15) is 10.7 Å². The Balaban J connectivity index is 1.82. The number of thiazole rings is 1. The maximum atomic E-state index is 12.0. The molecule has 1 heterocycles. The Kier molecular flexibility index (Phi) is 5.00. The van der Waals surface area contributed by atoms with Gasteiger partial charge in [-0.2, -0.15) is 0 Å². The van der Waals surface area contributed by atoms with E-state index in [4.69, 9.17) is 5.73 Å². The minimum Gasteiger partial charge on any atom is -0.382 e. The van der Waals surface area contributed by atoms with E-state index in [-0.39, 0.29) is 24.1 Å². The minimum atomic E-state index is -0.278. The Bertz CT molecular complexity index is 527. The molecule has 0 saturated heterocycles. The molecule has 1 aromatic rings. The van der Waals surface area contributed by atoms with E-state index in [1.54, 1.807) is 0 Å². The molecule has 0 radical (unpaired) electrons. The highest BCUT2D eigenvalue weighted by Gasteiger charge is 2.23. The number of hydrogen-bond donors (Lipinski definition) is 3. The number of carbonyl (C=O) groups excluding carboxylic acids is 2. The lowest BCUT2D eigenvalue weighted by Gasteiger charge is -2.10. The fourth-order valence-corrected chi connectivity index (χ4v) is 2.61. The lowest BCUT2D eigenvalue weighted by Crippen LogP contribution is -2.31. The van der Waals surface area contributed by atoms with E-state index < -0.39 is 0 Å². The molecule has 1 aliphatic carbocycles. The molecule has 0 unspecified atom stereocenters. The average Bonchev–Trinajstić information content (AvgIpc) is 3.17. The molecule has 0 atom stereocenters. The van der Waals surface area contributed by atoms with Crippen molar-refractivity contribution in [1.29, 1.82) is 0 Å². The molecule has 2 amide bonds. The van der Waals surface area contributed by atoms with Gasteiger partial charge in [-0.05, 0) is 19.8 Å². The van der Waals surface area contributed by atoms with Crippen molar-refractivity contribution in [2.45, 2.75) is 32.2 Å².